The third-order valence-electron chi connectivity index (χ3n) is 4.00. The lowest BCUT2D eigenvalue weighted by molar-refractivity contribution is -0.120. The van der Waals surface area contributed by atoms with Gasteiger partial charge in [-0.15, -0.1) is 0 Å². The van der Waals surface area contributed by atoms with Gasteiger partial charge in [0.1, 0.15) is 0 Å². The molecule has 2 rings (SSSR count). The van der Waals surface area contributed by atoms with Crippen molar-refractivity contribution in [2.75, 3.05) is 0 Å². The van der Waals surface area contributed by atoms with Gasteiger partial charge in [-0.3, -0.25) is 10.2 Å². The van der Waals surface area contributed by atoms with Crippen LogP contribution in [0.2, 0.25) is 0 Å². The number of nitrogens with two attached hydrogens (primary N) is 1. The van der Waals surface area contributed by atoms with E-state index in [4.69, 9.17) is 10.6 Å². The number of hydrogen-bond donors (Lipinski definition) is 2. The van der Waals surface area contributed by atoms with Crippen molar-refractivity contribution in [3.63, 3.8) is 0 Å². The van der Waals surface area contributed by atoms with Crippen molar-refractivity contribution in [3.8, 4) is 0 Å². The van der Waals surface area contributed by atoms with Gasteiger partial charge in [0.05, 0.1) is 19.1 Å². The average molecular weight is 276 g/mol. The first-order chi connectivity index (χ1) is 9.67. The van der Waals surface area contributed by atoms with E-state index >= 15 is 0 Å². The molecular weight excluding hydrogens is 252 g/mol. The summed E-state index contributed by atoms with van der Waals surface area (Å²) < 4.78 is 5.96. The van der Waals surface area contributed by atoms with E-state index in [0.717, 1.165) is 17.0 Å². The third-order valence-corrected chi connectivity index (χ3v) is 4.00. The Kier molecular flexibility index (Phi) is 5.56. The summed E-state index contributed by atoms with van der Waals surface area (Å²) in [6, 6.07) is 7.95. The molecule has 0 aromatic heterocycles. The molecule has 1 aromatic rings. The Labute approximate surface area is 120 Å². The molecule has 1 aliphatic carbocycles. The Balaban J connectivity index is 1.77. The first kappa shape index (κ1) is 15.0. The molecule has 0 atom stereocenters. The fraction of sp³-hybridized carbons (Fsp3) is 0.562. The van der Waals surface area contributed by atoms with Gasteiger partial charge in [-0.05, 0) is 42.7 Å². The number of ether oxygens (including phenoxy) is 1. The summed E-state index contributed by atoms with van der Waals surface area (Å²) in [4.78, 5) is 11.2. The zero-order valence-corrected chi connectivity index (χ0v) is 12.1. The van der Waals surface area contributed by atoms with E-state index in [-0.39, 0.29) is 5.91 Å². The molecule has 1 saturated carbocycles. The number of amides is 1. The third kappa shape index (κ3) is 4.62. The molecule has 0 spiro atoms. The molecule has 0 saturated heterocycles. The second-order valence-electron chi connectivity index (χ2n) is 5.75. The van der Waals surface area contributed by atoms with Gasteiger partial charge in [0.25, 0.3) is 0 Å². The average Bonchev–Trinajstić information content (AvgIpc) is 2.48. The van der Waals surface area contributed by atoms with E-state index in [0.29, 0.717) is 19.1 Å². The first-order valence-electron chi connectivity index (χ1n) is 7.36. The van der Waals surface area contributed by atoms with Crippen LogP contribution in [0.25, 0.3) is 0 Å². The molecule has 4 nitrogen and oxygen atoms in total. The lowest BCUT2D eigenvalue weighted by Crippen LogP contribution is -2.31. The van der Waals surface area contributed by atoms with Crippen LogP contribution in [0.15, 0.2) is 24.3 Å². The highest BCUT2D eigenvalue weighted by atomic mass is 16.5. The lowest BCUT2D eigenvalue weighted by atomic mass is 9.89. The number of hydrogen-bond acceptors (Lipinski definition) is 3. The molecule has 0 bridgehead atoms. The summed E-state index contributed by atoms with van der Waals surface area (Å²) in [6.07, 6.45) is 5.63. The number of hydrazine groups is 1. The van der Waals surface area contributed by atoms with Crippen LogP contribution in [0, 0.1) is 5.92 Å². The van der Waals surface area contributed by atoms with Gasteiger partial charge in [0.2, 0.25) is 5.91 Å². The van der Waals surface area contributed by atoms with Crippen LogP contribution in [-0.2, 0) is 22.6 Å². The Hall–Kier alpha value is -1.39. The zero-order valence-electron chi connectivity index (χ0n) is 12.1. The first-order valence-corrected chi connectivity index (χ1v) is 7.36. The minimum Gasteiger partial charge on any atom is -0.374 e. The standard InChI is InChI=1S/C16H24N2O2/c1-12-2-8-15(9-3-12)20-11-14-6-4-13(5-7-14)10-16(19)18-17/h4-7,12,15H,2-3,8-11,17H2,1H3,(H,18,19). The van der Waals surface area contributed by atoms with E-state index in [1.165, 1.54) is 25.7 Å². The fourth-order valence-corrected chi connectivity index (χ4v) is 2.60. The number of carbonyl (C=O) groups is 1. The van der Waals surface area contributed by atoms with Crippen molar-refractivity contribution in [3.05, 3.63) is 35.4 Å². The van der Waals surface area contributed by atoms with Crippen LogP contribution in [0.5, 0.6) is 0 Å². The monoisotopic (exact) mass is 276 g/mol. The molecule has 4 heteroatoms. The summed E-state index contributed by atoms with van der Waals surface area (Å²) in [5.74, 6) is 5.74. The molecule has 1 aromatic carbocycles. The van der Waals surface area contributed by atoms with Gasteiger partial charge in [0, 0.05) is 0 Å². The van der Waals surface area contributed by atoms with Crippen LogP contribution in [-0.4, -0.2) is 12.0 Å². The maximum atomic E-state index is 11.2. The maximum absolute atomic E-state index is 11.2. The number of carbonyl (C=O) groups excluding carboxylic acids is 1. The maximum Gasteiger partial charge on any atom is 0.238 e. The zero-order chi connectivity index (χ0) is 14.4. The Morgan fingerprint density at radius 3 is 2.40 bits per heavy atom. The predicted molar refractivity (Wildman–Crippen MR) is 78.7 cm³/mol. The van der Waals surface area contributed by atoms with Crippen LogP contribution in [0.3, 0.4) is 0 Å². The summed E-state index contributed by atoms with van der Waals surface area (Å²) in [5.41, 5.74) is 4.25. The Morgan fingerprint density at radius 1 is 1.20 bits per heavy atom. The topological polar surface area (TPSA) is 64.3 Å². The molecule has 1 aliphatic rings. The molecule has 0 radical (unpaired) electrons. The van der Waals surface area contributed by atoms with E-state index in [1.807, 2.05) is 24.3 Å². The minimum absolute atomic E-state index is 0.176. The highest BCUT2D eigenvalue weighted by Crippen LogP contribution is 2.26. The normalized spacial score (nSPS) is 22.5. The summed E-state index contributed by atoms with van der Waals surface area (Å²) in [7, 11) is 0. The highest BCUT2D eigenvalue weighted by Gasteiger charge is 2.18. The predicted octanol–water partition coefficient (Wildman–Crippen LogP) is 2.31. The van der Waals surface area contributed by atoms with Crippen molar-refractivity contribution in [1.29, 1.82) is 0 Å². The summed E-state index contributed by atoms with van der Waals surface area (Å²) >= 11 is 0. The molecule has 110 valence electrons. The van der Waals surface area contributed by atoms with Gasteiger partial charge in [-0.1, -0.05) is 31.2 Å². The van der Waals surface area contributed by atoms with Gasteiger partial charge in [-0.25, -0.2) is 5.84 Å². The number of rotatable bonds is 5. The van der Waals surface area contributed by atoms with Crippen LogP contribution in [0.1, 0.15) is 43.7 Å². The molecule has 0 unspecified atom stereocenters. The lowest BCUT2D eigenvalue weighted by Gasteiger charge is -2.26. The van der Waals surface area contributed by atoms with E-state index < -0.39 is 0 Å². The van der Waals surface area contributed by atoms with Gasteiger partial charge < -0.3 is 4.74 Å². The van der Waals surface area contributed by atoms with E-state index in [9.17, 15) is 4.79 Å². The molecule has 0 aliphatic heterocycles. The van der Waals surface area contributed by atoms with Crippen molar-refractivity contribution >= 4 is 5.91 Å². The Bertz CT molecular complexity index is 423. The summed E-state index contributed by atoms with van der Waals surface area (Å²) in [6.45, 7) is 2.97. The van der Waals surface area contributed by atoms with Crippen LogP contribution >= 0.6 is 0 Å². The Morgan fingerprint density at radius 2 is 1.80 bits per heavy atom. The molecule has 1 amide bonds. The highest BCUT2D eigenvalue weighted by molar-refractivity contribution is 5.77. The van der Waals surface area contributed by atoms with Gasteiger partial charge >= 0.3 is 0 Å². The van der Waals surface area contributed by atoms with Crippen molar-refractivity contribution in [1.82, 2.24) is 5.43 Å². The van der Waals surface area contributed by atoms with Crippen molar-refractivity contribution < 1.29 is 9.53 Å². The number of nitrogens with one attached hydrogen (secondary N) is 1. The summed E-state index contributed by atoms with van der Waals surface area (Å²) in [5, 5.41) is 0. The van der Waals surface area contributed by atoms with E-state index in [2.05, 4.69) is 12.3 Å². The quantitative estimate of drug-likeness (QED) is 0.493. The van der Waals surface area contributed by atoms with E-state index in [1.54, 1.807) is 0 Å². The number of benzene rings is 1. The van der Waals surface area contributed by atoms with Crippen molar-refractivity contribution in [2.45, 2.75) is 51.7 Å². The molecule has 20 heavy (non-hydrogen) atoms. The van der Waals surface area contributed by atoms with Crippen LogP contribution in [0.4, 0.5) is 0 Å². The smallest absolute Gasteiger partial charge is 0.238 e. The van der Waals surface area contributed by atoms with Crippen LogP contribution < -0.4 is 11.3 Å². The SMILES string of the molecule is CC1CCC(OCc2ccc(CC(=O)NN)cc2)CC1. The molecule has 1 fully saturated rings. The second kappa shape index (κ2) is 7.41. The largest absolute Gasteiger partial charge is 0.374 e. The van der Waals surface area contributed by atoms with Gasteiger partial charge in [-0.2, -0.15) is 0 Å². The second-order valence-corrected chi connectivity index (χ2v) is 5.75. The minimum atomic E-state index is -0.176. The van der Waals surface area contributed by atoms with Gasteiger partial charge in [0.15, 0.2) is 0 Å². The fourth-order valence-electron chi connectivity index (χ4n) is 2.60. The molecular formula is C16H24N2O2. The van der Waals surface area contributed by atoms with Crippen molar-refractivity contribution in [2.24, 2.45) is 11.8 Å². The molecule has 3 N–H and O–H groups in total. The molecule has 0 heterocycles.